The van der Waals surface area contributed by atoms with Gasteiger partial charge < -0.3 is 10.0 Å². The number of rotatable bonds is 3. The average Bonchev–Trinajstić information content (AvgIpc) is 3.11. The number of halogens is 1. The molecule has 0 unspecified atom stereocenters. The number of nitrogens with zero attached hydrogens (tertiary/aromatic N) is 4. The van der Waals surface area contributed by atoms with E-state index in [2.05, 4.69) is 15.3 Å². The van der Waals surface area contributed by atoms with Crippen LogP contribution in [0.2, 0.25) is 5.02 Å². The summed E-state index contributed by atoms with van der Waals surface area (Å²) in [5.74, 6) is -0.278. The fraction of sp³-hybridized carbons (Fsp3) is 0.500. The number of aliphatic hydroxyl groups excluding tert-OH is 1. The molecule has 0 aromatic carbocycles. The topological polar surface area (TPSA) is 87.0 Å². The van der Waals surface area contributed by atoms with Crippen LogP contribution in [0.3, 0.4) is 0 Å². The predicted molar refractivity (Wildman–Crippen MR) is 80.6 cm³/mol. The lowest BCUT2D eigenvalue weighted by Crippen LogP contribution is -2.30. The standard InChI is InChI=1S/C14H18ClN5O2/c1-8-3-10(17-16-8)4-9-5-20(7-12(9)21)14(22)13-11(15)6-19(2)18-13/h3,6,9,12,21H,4-5,7H2,1-2H3,(H,16,17)/t9-,12-/m1/s1. The highest BCUT2D eigenvalue weighted by atomic mass is 35.5. The highest BCUT2D eigenvalue weighted by molar-refractivity contribution is 6.33. The van der Waals surface area contributed by atoms with Crippen molar-refractivity contribution in [3.63, 3.8) is 0 Å². The minimum atomic E-state index is -0.566. The number of hydrogen-bond donors (Lipinski definition) is 2. The molecule has 0 aliphatic carbocycles. The second kappa shape index (κ2) is 5.73. The molecule has 1 saturated heterocycles. The molecule has 3 rings (SSSR count). The smallest absolute Gasteiger partial charge is 0.276 e. The van der Waals surface area contributed by atoms with E-state index in [4.69, 9.17) is 11.6 Å². The van der Waals surface area contributed by atoms with Crippen molar-refractivity contribution in [1.29, 1.82) is 0 Å². The van der Waals surface area contributed by atoms with Crippen LogP contribution in [0.4, 0.5) is 0 Å². The average molecular weight is 324 g/mol. The lowest BCUT2D eigenvalue weighted by atomic mass is 10.0. The fourth-order valence-electron chi connectivity index (χ4n) is 2.82. The fourth-order valence-corrected chi connectivity index (χ4v) is 3.08. The first kappa shape index (κ1) is 15.1. The summed E-state index contributed by atoms with van der Waals surface area (Å²) < 4.78 is 1.51. The molecule has 118 valence electrons. The molecule has 2 aromatic heterocycles. The van der Waals surface area contributed by atoms with Crippen LogP contribution >= 0.6 is 11.6 Å². The van der Waals surface area contributed by atoms with Crippen molar-refractivity contribution in [1.82, 2.24) is 24.9 Å². The van der Waals surface area contributed by atoms with E-state index in [0.717, 1.165) is 11.4 Å². The van der Waals surface area contributed by atoms with Crippen LogP contribution in [0.1, 0.15) is 21.9 Å². The molecule has 7 nitrogen and oxygen atoms in total. The van der Waals surface area contributed by atoms with E-state index in [1.807, 2.05) is 13.0 Å². The minimum absolute atomic E-state index is 0.0332. The van der Waals surface area contributed by atoms with Gasteiger partial charge in [-0.3, -0.25) is 14.6 Å². The van der Waals surface area contributed by atoms with Gasteiger partial charge >= 0.3 is 0 Å². The number of likely N-dealkylation sites (tertiary alicyclic amines) is 1. The summed E-state index contributed by atoms with van der Waals surface area (Å²) in [4.78, 5) is 14.1. The number of hydrogen-bond acceptors (Lipinski definition) is 4. The van der Waals surface area contributed by atoms with Crippen molar-refractivity contribution in [2.75, 3.05) is 13.1 Å². The number of H-pyrrole nitrogens is 1. The molecule has 1 aliphatic rings. The number of carbonyl (C=O) groups is 1. The van der Waals surface area contributed by atoms with Gasteiger partial charge in [-0.1, -0.05) is 11.6 Å². The highest BCUT2D eigenvalue weighted by Gasteiger charge is 2.36. The van der Waals surface area contributed by atoms with E-state index < -0.39 is 6.10 Å². The van der Waals surface area contributed by atoms with Crippen molar-refractivity contribution >= 4 is 17.5 Å². The van der Waals surface area contributed by atoms with Gasteiger partial charge in [0.25, 0.3) is 5.91 Å². The predicted octanol–water partition coefficient (Wildman–Crippen LogP) is 0.781. The molecule has 1 amide bonds. The summed E-state index contributed by atoms with van der Waals surface area (Å²) in [6, 6.07) is 1.95. The van der Waals surface area contributed by atoms with E-state index in [0.29, 0.717) is 24.5 Å². The number of aryl methyl sites for hydroxylation is 2. The number of carbonyl (C=O) groups excluding carboxylic acids is 1. The van der Waals surface area contributed by atoms with Crippen molar-refractivity contribution < 1.29 is 9.90 Å². The highest BCUT2D eigenvalue weighted by Crippen LogP contribution is 2.24. The molecule has 3 heterocycles. The molecule has 0 spiro atoms. The summed E-state index contributed by atoms with van der Waals surface area (Å²) in [5, 5.41) is 21.7. The summed E-state index contributed by atoms with van der Waals surface area (Å²) in [7, 11) is 1.71. The SMILES string of the molecule is Cc1cc(C[C@@H]2CN(C(=O)c3nn(C)cc3Cl)C[C@H]2O)n[nH]1. The first-order valence-corrected chi connectivity index (χ1v) is 7.49. The number of aromatic amines is 1. The van der Waals surface area contributed by atoms with Crippen molar-refractivity contribution in [2.45, 2.75) is 19.4 Å². The van der Waals surface area contributed by atoms with Crippen LogP contribution in [0.5, 0.6) is 0 Å². The van der Waals surface area contributed by atoms with Crippen LogP contribution in [0.15, 0.2) is 12.3 Å². The Morgan fingerprint density at radius 2 is 2.32 bits per heavy atom. The van der Waals surface area contributed by atoms with Gasteiger partial charge in [0.2, 0.25) is 0 Å². The van der Waals surface area contributed by atoms with E-state index in [1.165, 1.54) is 4.68 Å². The number of nitrogens with one attached hydrogen (secondary N) is 1. The second-order valence-electron chi connectivity index (χ2n) is 5.78. The van der Waals surface area contributed by atoms with Crippen LogP contribution in [0, 0.1) is 12.8 Å². The molecule has 2 aromatic rings. The maximum atomic E-state index is 12.5. The Morgan fingerprint density at radius 1 is 1.55 bits per heavy atom. The van der Waals surface area contributed by atoms with Crippen LogP contribution < -0.4 is 0 Å². The van der Waals surface area contributed by atoms with Gasteiger partial charge in [-0.2, -0.15) is 10.2 Å². The molecule has 1 fully saturated rings. The van der Waals surface area contributed by atoms with E-state index in [-0.39, 0.29) is 17.5 Å². The Kier molecular flexibility index (Phi) is 3.92. The van der Waals surface area contributed by atoms with Crippen LogP contribution in [-0.2, 0) is 13.5 Å². The Morgan fingerprint density at radius 3 is 2.91 bits per heavy atom. The molecular weight excluding hydrogens is 306 g/mol. The third-order valence-corrected chi connectivity index (χ3v) is 4.19. The number of aromatic nitrogens is 4. The van der Waals surface area contributed by atoms with Crippen LogP contribution in [-0.4, -0.2) is 55.1 Å². The zero-order valence-electron chi connectivity index (χ0n) is 12.5. The van der Waals surface area contributed by atoms with E-state index in [1.54, 1.807) is 18.1 Å². The Balaban J connectivity index is 1.70. The summed E-state index contributed by atoms with van der Waals surface area (Å²) in [5.41, 5.74) is 2.11. The second-order valence-corrected chi connectivity index (χ2v) is 6.19. The van der Waals surface area contributed by atoms with Gasteiger partial charge in [0, 0.05) is 37.9 Å². The Labute approximate surface area is 132 Å². The molecule has 22 heavy (non-hydrogen) atoms. The lowest BCUT2D eigenvalue weighted by molar-refractivity contribution is 0.0758. The molecule has 2 atom stereocenters. The first-order chi connectivity index (χ1) is 10.4. The zero-order chi connectivity index (χ0) is 15.9. The monoisotopic (exact) mass is 323 g/mol. The lowest BCUT2D eigenvalue weighted by Gasteiger charge is -2.14. The first-order valence-electron chi connectivity index (χ1n) is 7.11. The number of β-amino-alcohol motifs (C(OH)–C–C–N with tert-alkyl or cyclic N) is 1. The summed E-state index contributed by atoms with van der Waals surface area (Å²) in [6.45, 7) is 2.69. The Hall–Kier alpha value is -1.86. The van der Waals surface area contributed by atoms with Gasteiger partial charge in [-0.15, -0.1) is 0 Å². The molecule has 8 heteroatoms. The van der Waals surface area contributed by atoms with Gasteiger partial charge in [0.1, 0.15) is 0 Å². The van der Waals surface area contributed by atoms with Gasteiger partial charge in [-0.05, 0) is 19.4 Å². The van der Waals surface area contributed by atoms with Crippen molar-refractivity contribution in [3.05, 3.63) is 34.4 Å². The number of aliphatic hydroxyl groups is 1. The maximum Gasteiger partial charge on any atom is 0.276 e. The molecule has 2 N–H and O–H groups in total. The number of amides is 1. The largest absolute Gasteiger partial charge is 0.391 e. The van der Waals surface area contributed by atoms with Gasteiger partial charge in [0.15, 0.2) is 5.69 Å². The zero-order valence-corrected chi connectivity index (χ0v) is 13.2. The van der Waals surface area contributed by atoms with Crippen molar-refractivity contribution in [3.8, 4) is 0 Å². The molecule has 0 bridgehead atoms. The molecule has 0 radical (unpaired) electrons. The van der Waals surface area contributed by atoms with E-state index in [9.17, 15) is 9.90 Å². The molecular formula is C14H18ClN5O2. The third-order valence-electron chi connectivity index (χ3n) is 3.91. The normalized spacial score (nSPS) is 21.5. The van der Waals surface area contributed by atoms with Crippen molar-refractivity contribution in [2.24, 2.45) is 13.0 Å². The molecule has 1 aliphatic heterocycles. The van der Waals surface area contributed by atoms with Gasteiger partial charge in [-0.25, -0.2) is 0 Å². The quantitative estimate of drug-likeness (QED) is 0.874. The Bertz CT molecular complexity index is 695. The third kappa shape index (κ3) is 2.86. The minimum Gasteiger partial charge on any atom is -0.391 e. The summed E-state index contributed by atoms with van der Waals surface area (Å²) >= 11 is 6.02. The van der Waals surface area contributed by atoms with Gasteiger partial charge in [0.05, 0.1) is 16.8 Å². The van der Waals surface area contributed by atoms with E-state index >= 15 is 0 Å². The maximum absolute atomic E-state index is 12.5. The summed E-state index contributed by atoms with van der Waals surface area (Å²) in [6.07, 6.45) is 1.65. The van der Waals surface area contributed by atoms with Crippen LogP contribution in [0.25, 0.3) is 0 Å². The molecule has 0 saturated carbocycles.